The molecule has 1 N–H and O–H groups in total. The number of rotatable bonds is 4. The predicted molar refractivity (Wildman–Crippen MR) is 65.8 cm³/mol. The number of hydrogen-bond acceptors (Lipinski definition) is 1. The molecule has 2 nitrogen and oxygen atoms in total. The molecule has 0 radical (unpaired) electrons. The molecule has 16 heavy (non-hydrogen) atoms. The van der Waals surface area contributed by atoms with Gasteiger partial charge in [-0.3, -0.25) is 4.79 Å². The lowest BCUT2D eigenvalue weighted by Crippen LogP contribution is -2.21. The summed E-state index contributed by atoms with van der Waals surface area (Å²) in [5, 5.41) is 8.89. The molecule has 0 aliphatic rings. The third kappa shape index (κ3) is 3.09. The average molecular weight is 220 g/mol. The molecule has 0 heterocycles. The van der Waals surface area contributed by atoms with E-state index in [1.807, 2.05) is 26.0 Å². The normalized spacial score (nSPS) is 11.8. The Kier molecular flexibility index (Phi) is 3.74. The molecule has 2 heteroatoms. The lowest BCUT2D eigenvalue weighted by molar-refractivity contribution is -0.138. The van der Waals surface area contributed by atoms with Gasteiger partial charge < -0.3 is 5.11 Å². The Hall–Kier alpha value is -1.31. The van der Waals surface area contributed by atoms with Crippen molar-refractivity contribution in [2.24, 2.45) is 0 Å². The van der Waals surface area contributed by atoms with E-state index in [1.54, 1.807) is 0 Å². The Bertz CT molecular complexity index is 378. The number of aliphatic carboxylic acids is 1. The van der Waals surface area contributed by atoms with Crippen LogP contribution in [0.15, 0.2) is 24.3 Å². The van der Waals surface area contributed by atoms with Crippen LogP contribution in [0.3, 0.4) is 0 Å². The Morgan fingerprint density at radius 3 is 2.50 bits per heavy atom. The Balaban J connectivity index is 3.03. The van der Waals surface area contributed by atoms with Gasteiger partial charge in [-0.1, -0.05) is 52.0 Å². The number of benzene rings is 1. The zero-order valence-electron chi connectivity index (χ0n) is 10.4. The molecule has 88 valence electrons. The SMILES string of the molecule is CC(C)c1cccc(C(C)(C)CC(=O)O)c1. The lowest BCUT2D eigenvalue weighted by atomic mass is 9.80. The van der Waals surface area contributed by atoms with Crippen molar-refractivity contribution in [1.29, 1.82) is 0 Å². The minimum Gasteiger partial charge on any atom is -0.481 e. The first-order valence-corrected chi connectivity index (χ1v) is 5.65. The zero-order chi connectivity index (χ0) is 12.3. The van der Waals surface area contributed by atoms with E-state index in [0.29, 0.717) is 5.92 Å². The van der Waals surface area contributed by atoms with E-state index in [1.165, 1.54) is 5.56 Å². The van der Waals surface area contributed by atoms with Crippen LogP contribution in [0.25, 0.3) is 0 Å². The zero-order valence-corrected chi connectivity index (χ0v) is 10.4. The quantitative estimate of drug-likeness (QED) is 0.842. The Labute approximate surface area is 97.3 Å². The van der Waals surface area contributed by atoms with Gasteiger partial charge in [-0.05, 0) is 17.0 Å². The smallest absolute Gasteiger partial charge is 0.304 e. The summed E-state index contributed by atoms with van der Waals surface area (Å²) in [6, 6.07) is 8.22. The third-order valence-electron chi connectivity index (χ3n) is 2.93. The molecule has 0 unspecified atom stereocenters. The molecule has 0 saturated heterocycles. The second kappa shape index (κ2) is 4.69. The number of hydrogen-bond donors (Lipinski definition) is 1. The van der Waals surface area contributed by atoms with Gasteiger partial charge in [-0.15, -0.1) is 0 Å². The standard InChI is InChI=1S/C14H20O2/c1-10(2)11-6-5-7-12(8-11)14(3,4)9-13(15)16/h5-8,10H,9H2,1-4H3,(H,15,16). The van der Waals surface area contributed by atoms with Crippen LogP contribution in [-0.4, -0.2) is 11.1 Å². The molecule has 0 aliphatic carbocycles. The molecule has 0 atom stereocenters. The van der Waals surface area contributed by atoms with Crippen LogP contribution in [0.4, 0.5) is 0 Å². The van der Waals surface area contributed by atoms with Gasteiger partial charge in [-0.2, -0.15) is 0 Å². The first kappa shape index (κ1) is 12.8. The minimum absolute atomic E-state index is 0.161. The van der Waals surface area contributed by atoms with Crippen molar-refractivity contribution in [3.63, 3.8) is 0 Å². The maximum Gasteiger partial charge on any atom is 0.304 e. The molecule has 1 rings (SSSR count). The van der Waals surface area contributed by atoms with Gasteiger partial charge in [0.25, 0.3) is 0 Å². The van der Waals surface area contributed by atoms with Crippen LogP contribution >= 0.6 is 0 Å². The van der Waals surface area contributed by atoms with Crippen molar-refractivity contribution in [2.45, 2.75) is 45.4 Å². The number of carbonyl (C=O) groups is 1. The van der Waals surface area contributed by atoms with Crippen molar-refractivity contribution in [3.05, 3.63) is 35.4 Å². The Morgan fingerprint density at radius 1 is 1.38 bits per heavy atom. The summed E-state index contributed by atoms with van der Waals surface area (Å²) in [4.78, 5) is 10.8. The van der Waals surface area contributed by atoms with E-state index in [2.05, 4.69) is 26.0 Å². The van der Waals surface area contributed by atoms with Gasteiger partial charge >= 0.3 is 5.97 Å². The van der Waals surface area contributed by atoms with Crippen molar-refractivity contribution < 1.29 is 9.90 Å². The summed E-state index contributed by atoms with van der Waals surface area (Å²) in [5.74, 6) is -0.277. The van der Waals surface area contributed by atoms with E-state index in [4.69, 9.17) is 5.11 Å². The largest absolute Gasteiger partial charge is 0.481 e. The fourth-order valence-corrected chi connectivity index (χ4v) is 1.80. The highest BCUT2D eigenvalue weighted by Gasteiger charge is 2.24. The highest BCUT2D eigenvalue weighted by atomic mass is 16.4. The van der Waals surface area contributed by atoms with Crippen LogP contribution in [0.1, 0.15) is 51.2 Å². The monoisotopic (exact) mass is 220 g/mol. The molecule has 1 aromatic carbocycles. The second-order valence-electron chi connectivity index (χ2n) is 5.23. The van der Waals surface area contributed by atoms with E-state index >= 15 is 0 Å². The van der Waals surface area contributed by atoms with Gasteiger partial charge in [0, 0.05) is 5.41 Å². The summed E-state index contributed by atoms with van der Waals surface area (Å²) in [6.07, 6.45) is 0.161. The first-order valence-electron chi connectivity index (χ1n) is 5.65. The molecular weight excluding hydrogens is 200 g/mol. The summed E-state index contributed by atoms with van der Waals surface area (Å²) >= 11 is 0. The maximum atomic E-state index is 10.8. The predicted octanol–water partition coefficient (Wildman–Crippen LogP) is 3.56. The van der Waals surface area contributed by atoms with Crippen LogP contribution in [0.5, 0.6) is 0 Å². The summed E-state index contributed by atoms with van der Waals surface area (Å²) in [7, 11) is 0. The number of carboxylic acid groups (broad SMARTS) is 1. The topological polar surface area (TPSA) is 37.3 Å². The van der Waals surface area contributed by atoms with Crippen molar-refractivity contribution in [1.82, 2.24) is 0 Å². The van der Waals surface area contributed by atoms with E-state index in [9.17, 15) is 4.79 Å². The van der Waals surface area contributed by atoms with Gasteiger partial charge in [0.2, 0.25) is 0 Å². The molecule has 1 aromatic rings. The highest BCUT2D eigenvalue weighted by Crippen LogP contribution is 2.29. The first-order chi connectivity index (χ1) is 7.33. The van der Waals surface area contributed by atoms with Crippen molar-refractivity contribution in [3.8, 4) is 0 Å². The molecule has 0 saturated carbocycles. The molecule has 0 bridgehead atoms. The van der Waals surface area contributed by atoms with Crippen molar-refractivity contribution in [2.75, 3.05) is 0 Å². The minimum atomic E-state index is -0.750. The van der Waals surface area contributed by atoms with Gasteiger partial charge in [0.05, 0.1) is 6.42 Å². The molecular formula is C14H20O2. The van der Waals surface area contributed by atoms with E-state index < -0.39 is 5.97 Å². The van der Waals surface area contributed by atoms with E-state index in [0.717, 1.165) is 5.56 Å². The van der Waals surface area contributed by atoms with Gasteiger partial charge in [-0.25, -0.2) is 0 Å². The highest BCUT2D eigenvalue weighted by molar-refractivity contribution is 5.68. The van der Waals surface area contributed by atoms with Crippen molar-refractivity contribution >= 4 is 5.97 Å². The van der Waals surface area contributed by atoms with E-state index in [-0.39, 0.29) is 11.8 Å². The Morgan fingerprint density at radius 2 is 2.00 bits per heavy atom. The fourth-order valence-electron chi connectivity index (χ4n) is 1.80. The van der Waals surface area contributed by atoms with Crippen LogP contribution in [0, 0.1) is 0 Å². The average Bonchev–Trinajstić information content (AvgIpc) is 2.16. The summed E-state index contributed by atoms with van der Waals surface area (Å²) in [5.41, 5.74) is 2.05. The van der Waals surface area contributed by atoms with Crippen LogP contribution < -0.4 is 0 Å². The lowest BCUT2D eigenvalue weighted by Gasteiger charge is -2.24. The number of carboxylic acids is 1. The van der Waals surface area contributed by atoms with Crippen LogP contribution in [-0.2, 0) is 10.2 Å². The summed E-state index contributed by atoms with van der Waals surface area (Å²) < 4.78 is 0. The third-order valence-corrected chi connectivity index (χ3v) is 2.93. The molecule has 0 amide bonds. The van der Waals surface area contributed by atoms with Crippen LogP contribution in [0.2, 0.25) is 0 Å². The summed E-state index contributed by atoms with van der Waals surface area (Å²) in [6.45, 7) is 8.23. The fraction of sp³-hybridized carbons (Fsp3) is 0.500. The van der Waals surface area contributed by atoms with Gasteiger partial charge in [0.15, 0.2) is 0 Å². The molecule has 0 aliphatic heterocycles. The van der Waals surface area contributed by atoms with Gasteiger partial charge in [0.1, 0.15) is 0 Å². The molecule has 0 fully saturated rings. The second-order valence-corrected chi connectivity index (χ2v) is 5.23. The molecule has 0 aromatic heterocycles. The maximum absolute atomic E-state index is 10.8. The molecule has 0 spiro atoms.